The number of piperidine rings is 1. The highest BCUT2D eigenvalue weighted by molar-refractivity contribution is 5.97. The van der Waals surface area contributed by atoms with Gasteiger partial charge in [0.1, 0.15) is 11.2 Å². The van der Waals surface area contributed by atoms with Gasteiger partial charge in [0.15, 0.2) is 11.5 Å². The van der Waals surface area contributed by atoms with Crippen molar-refractivity contribution in [3.8, 4) is 11.5 Å². The second-order valence-corrected chi connectivity index (χ2v) is 9.87. The minimum absolute atomic E-state index is 0.0415. The second-order valence-electron chi connectivity index (χ2n) is 9.87. The van der Waals surface area contributed by atoms with Crippen molar-refractivity contribution < 1.29 is 4.79 Å². The minimum Gasteiger partial charge on any atom is -0.339 e. The molecular weight excluding hydrogens is 426 g/mol. The number of fused-ring (bicyclic) bond motifs is 2. The number of nitrogens with two attached hydrogens (primary N) is 1. The van der Waals surface area contributed by atoms with Crippen LogP contribution in [-0.4, -0.2) is 54.5 Å². The first-order chi connectivity index (χ1) is 16.6. The van der Waals surface area contributed by atoms with E-state index >= 15 is 0 Å². The number of carbonyl (C=O) groups is 1. The van der Waals surface area contributed by atoms with Crippen molar-refractivity contribution in [3.05, 3.63) is 42.2 Å². The predicted molar refractivity (Wildman–Crippen MR) is 132 cm³/mol. The van der Waals surface area contributed by atoms with Crippen LogP contribution in [0.25, 0.3) is 33.7 Å². The topological polar surface area (TPSA) is 94.9 Å². The molecule has 5 heterocycles. The highest BCUT2D eigenvalue weighted by atomic mass is 16.2. The first kappa shape index (κ1) is 21.3. The molecular formula is C26H31N7O. The van der Waals surface area contributed by atoms with Crippen molar-refractivity contribution >= 4 is 28.1 Å². The second kappa shape index (κ2) is 8.51. The van der Waals surface area contributed by atoms with Gasteiger partial charge in [-0.05, 0) is 74.8 Å². The Bertz CT molecular complexity index is 1360. The fourth-order valence-corrected chi connectivity index (χ4v) is 5.28. The molecule has 0 radical (unpaired) electrons. The highest BCUT2D eigenvalue weighted by Crippen LogP contribution is 2.35. The van der Waals surface area contributed by atoms with E-state index in [4.69, 9.17) is 10.7 Å². The van der Waals surface area contributed by atoms with Crippen LogP contribution in [0.5, 0.6) is 0 Å². The summed E-state index contributed by atoms with van der Waals surface area (Å²) in [5.74, 6) is 2.24. The van der Waals surface area contributed by atoms with Crippen LogP contribution in [0.4, 0.5) is 0 Å². The van der Waals surface area contributed by atoms with Gasteiger partial charge in [0, 0.05) is 44.5 Å². The third-order valence-electron chi connectivity index (χ3n) is 7.45. The molecule has 4 aromatic heterocycles. The molecule has 1 saturated carbocycles. The molecule has 0 bridgehead atoms. The van der Waals surface area contributed by atoms with Crippen molar-refractivity contribution in [2.45, 2.75) is 38.6 Å². The monoisotopic (exact) mass is 457 g/mol. The number of amides is 1. The zero-order valence-corrected chi connectivity index (χ0v) is 19.7. The molecule has 2 N–H and O–H groups in total. The van der Waals surface area contributed by atoms with Gasteiger partial charge in [-0.3, -0.25) is 4.79 Å². The quantitative estimate of drug-likeness (QED) is 0.477. The Morgan fingerprint density at radius 2 is 1.91 bits per heavy atom. The SMILES string of the molecule is Cn1c(-c2cc3cccnc3n2CC2CC2)nc2cc(C(=O)N3CCC(CCN)CC3)cnc21. The number of likely N-dealkylation sites (tertiary alicyclic amines) is 1. The summed E-state index contributed by atoms with van der Waals surface area (Å²) in [5.41, 5.74) is 9.89. The molecule has 2 aliphatic rings. The van der Waals surface area contributed by atoms with Gasteiger partial charge in [-0.15, -0.1) is 0 Å². The molecule has 34 heavy (non-hydrogen) atoms. The van der Waals surface area contributed by atoms with Gasteiger partial charge in [-0.2, -0.15) is 0 Å². The van der Waals surface area contributed by atoms with Crippen molar-refractivity contribution in [1.82, 2.24) is 29.0 Å². The summed E-state index contributed by atoms with van der Waals surface area (Å²) in [6.45, 7) is 3.24. The van der Waals surface area contributed by atoms with Gasteiger partial charge in [-0.25, -0.2) is 15.0 Å². The summed E-state index contributed by atoms with van der Waals surface area (Å²) >= 11 is 0. The Morgan fingerprint density at radius 3 is 2.68 bits per heavy atom. The molecule has 6 rings (SSSR count). The Hall–Kier alpha value is -3.26. The first-order valence-electron chi connectivity index (χ1n) is 12.4. The van der Waals surface area contributed by atoms with Crippen molar-refractivity contribution in [2.75, 3.05) is 19.6 Å². The van der Waals surface area contributed by atoms with Crippen LogP contribution >= 0.6 is 0 Å². The zero-order valence-electron chi connectivity index (χ0n) is 19.7. The van der Waals surface area contributed by atoms with Crippen LogP contribution in [0.3, 0.4) is 0 Å². The minimum atomic E-state index is 0.0415. The molecule has 0 aromatic carbocycles. The summed E-state index contributed by atoms with van der Waals surface area (Å²) < 4.78 is 4.32. The van der Waals surface area contributed by atoms with Crippen molar-refractivity contribution in [3.63, 3.8) is 0 Å². The molecule has 176 valence electrons. The fraction of sp³-hybridized carbons (Fsp3) is 0.462. The van der Waals surface area contributed by atoms with E-state index in [0.29, 0.717) is 17.4 Å². The molecule has 8 nitrogen and oxygen atoms in total. The maximum absolute atomic E-state index is 13.2. The molecule has 1 amide bonds. The van der Waals surface area contributed by atoms with Crippen molar-refractivity contribution in [1.29, 1.82) is 0 Å². The third kappa shape index (κ3) is 3.76. The van der Waals surface area contributed by atoms with E-state index in [-0.39, 0.29) is 5.91 Å². The van der Waals surface area contributed by atoms with Crippen LogP contribution in [0.1, 0.15) is 42.5 Å². The van der Waals surface area contributed by atoms with Gasteiger partial charge >= 0.3 is 0 Å². The van der Waals surface area contributed by atoms with E-state index in [2.05, 4.69) is 26.7 Å². The zero-order chi connectivity index (χ0) is 23.2. The van der Waals surface area contributed by atoms with Gasteiger partial charge in [0.05, 0.1) is 11.3 Å². The van der Waals surface area contributed by atoms with E-state index in [1.54, 1.807) is 6.20 Å². The van der Waals surface area contributed by atoms with E-state index in [9.17, 15) is 4.79 Å². The number of rotatable bonds is 6. The van der Waals surface area contributed by atoms with Crippen LogP contribution in [0.2, 0.25) is 0 Å². The lowest BCUT2D eigenvalue weighted by atomic mass is 9.93. The van der Waals surface area contributed by atoms with Gasteiger partial charge in [-0.1, -0.05) is 0 Å². The molecule has 4 aromatic rings. The molecule has 2 fully saturated rings. The smallest absolute Gasteiger partial charge is 0.255 e. The summed E-state index contributed by atoms with van der Waals surface area (Å²) in [6.07, 6.45) is 9.17. The Labute approximate surface area is 198 Å². The lowest BCUT2D eigenvalue weighted by Crippen LogP contribution is -2.38. The molecule has 1 aliphatic heterocycles. The maximum atomic E-state index is 13.2. The van der Waals surface area contributed by atoms with E-state index in [1.165, 1.54) is 12.8 Å². The molecule has 1 aliphatic carbocycles. The number of pyridine rings is 2. The van der Waals surface area contributed by atoms with Crippen molar-refractivity contribution in [2.24, 2.45) is 24.6 Å². The normalized spacial score (nSPS) is 17.2. The number of aromatic nitrogens is 5. The van der Waals surface area contributed by atoms with Crippen LogP contribution in [0.15, 0.2) is 36.7 Å². The number of hydrogen-bond acceptors (Lipinski definition) is 5. The van der Waals surface area contributed by atoms with Gasteiger partial charge in [0.25, 0.3) is 5.91 Å². The molecule has 0 spiro atoms. The van der Waals surface area contributed by atoms with E-state index < -0.39 is 0 Å². The molecule has 0 atom stereocenters. The molecule has 8 heteroatoms. The number of aryl methyl sites for hydroxylation is 1. The number of carbonyl (C=O) groups excluding carboxylic acids is 1. The number of imidazole rings is 1. The summed E-state index contributed by atoms with van der Waals surface area (Å²) in [7, 11) is 1.99. The molecule has 0 unspecified atom stereocenters. The van der Waals surface area contributed by atoms with E-state index in [1.807, 2.05) is 34.8 Å². The summed E-state index contributed by atoms with van der Waals surface area (Å²) in [5, 5.41) is 1.12. The van der Waals surface area contributed by atoms with E-state index in [0.717, 1.165) is 79.2 Å². The summed E-state index contributed by atoms with van der Waals surface area (Å²) in [6, 6.07) is 8.14. The third-order valence-corrected chi connectivity index (χ3v) is 7.45. The highest BCUT2D eigenvalue weighted by Gasteiger charge is 2.27. The van der Waals surface area contributed by atoms with Crippen LogP contribution in [-0.2, 0) is 13.6 Å². The largest absolute Gasteiger partial charge is 0.339 e. The average molecular weight is 458 g/mol. The standard InChI is InChI=1S/C26H31N7O/c1-31-24-21(13-20(15-29-24)26(34)32-11-7-17(6-9-27)8-12-32)30-25(31)22-14-19-3-2-10-28-23(19)33(22)16-18-4-5-18/h2-3,10,13-15,17-18H,4-9,11-12,16,27H2,1H3. The number of nitrogens with zero attached hydrogens (tertiary/aromatic N) is 6. The predicted octanol–water partition coefficient (Wildman–Crippen LogP) is 3.60. The lowest BCUT2D eigenvalue weighted by Gasteiger charge is -2.31. The van der Waals surface area contributed by atoms with Crippen LogP contribution in [0, 0.1) is 11.8 Å². The first-order valence-corrected chi connectivity index (χ1v) is 12.4. The maximum Gasteiger partial charge on any atom is 0.255 e. The van der Waals surface area contributed by atoms with Crippen LogP contribution < -0.4 is 5.73 Å². The van der Waals surface area contributed by atoms with Gasteiger partial charge < -0.3 is 19.8 Å². The van der Waals surface area contributed by atoms with Gasteiger partial charge in [0.2, 0.25) is 0 Å². The molecule has 1 saturated heterocycles. The Morgan fingerprint density at radius 1 is 1.09 bits per heavy atom. The Kier molecular flexibility index (Phi) is 5.32. The summed E-state index contributed by atoms with van der Waals surface area (Å²) in [4.78, 5) is 29.4. The lowest BCUT2D eigenvalue weighted by molar-refractivity contribution is 0.0687. The Balaban J connectivity index is 1.33. The average Bonchev–Trinajstić information content (AvgIpc) is 3.53. The fourth-order valence-electron chi connectivity index (χ4n) is 5.28. The number of hydrogen-bond donors (Lipinski definition) is 1.